The molecule has 0 unspecified atom stereocenters. The first-order valence-electron chi connectivity index (χ1n) is 7.32. The van der Waals surface area contributed by atoms with Gasteiger partial charge in [0.15, 0.2) is 0 Å². The second kappa shape index (κ2) is 7.22. The minimum Gasteiger partial charge on any atom is -0.478 e. The van der Waals surface area contributed by atoms with E-state index in [1.165, 1.54) is 6.08 Å². The molecule has 21 heavy (non-hydrogen) atoms. The molecule has 0 spiro atoms. The predicted octanol–water partition coefficient (Wildman–Crippen LogP) is 1.96. The zero-order valence-electron chi connectivity index (χ0n) is 12.7. The van der Waals surface area contributed by atoms with Crippen LogP contribution in [0, 0.1) is 5.92 Å². The van der Waals surface area contributed by atoms with E-state index in [1.807, 2.05) is 12.1 Å². The summed E-state index contributed by atoms with van der Waals surface area (Å²) in [5.41, 5.74) is 0.867. The van der Waals surface area contributed by atoms with Crippen LogP contribution in [0.5, 0.6) is 0 Å². The van der Waals surface area contributed by atoms with Crippen molar-refractivity contribution in [2.24, 2.45) is 5.92 Å². The number of hydrogen-bond donors (Lipinski definition) is 1. The Kier molecular flexibility index (Phi) is 5.33. The van der Waals surface area contributed by atoms with Gasteiger partial charge in [-0.2, -0.15) is 0 Å². The monoisotopic (exact) mass is 289 g/mol. The van der Waals surface area contributed by atoms with E-state index in [9.17, 15) is 4.79 Å². The van der Waals surface area contributed by atoms with Gasteiger partial charge >= 0.3 is 5.97 Å². The van der Waals surface area contributed by atoms with E-state index in [-0.39, 0.29) is 0 Å². The van der Waals surface area contributed by atoms with Crippen LogP contribution in [0.3, 0.4) is 0 Å². The molecule has 2 rings (SSSR count). The summed E-state index contributed by atoms with van der Waals surface area (Å²) >= 11 is 0. The van der Waals surface area contributed by atoms with Crippen molar-refractivity contribution in [3.63, 3.8) is 0 Å². The zero-order chi connectivity index (χ0) is 15.2. The lowest BCUT2D eigenvalue weighted by molar-refractivity contribution is -0.131. The molecule has 5 heteroatoms. The van der Waals surface area contributed by atoms with Crippen LogP contribution in [-0.2, 0) is 4.79 Å². The molecule has 0 radical (unpaired) electrons. The molecular formula is C16H23N3O2. The maximum atomic E-state index is 10.7. The molecule has 0 amide bonds. The fourth-order valence-electron chi connectivity index (χ4n) is 2.81. The maximum absolute atomic E-state index is 10.7. The SMILES string of the molecule is CN(C)CC1CCN(c2ncccc2/C=C/C(=O)O)CC1. The number of rotatable bonds is 5. The van der Waals surface area contributed by atoms with E-state index in [4.69, 9.17) is 5.11 Å². The van der Waals surface area contributed by atoms with Crippen LogP contribution in [0.2, 0.25) is 0 Å². The molecule has 1 aromatic heterocycles. The van der Waals surface area contributed by atoms with Gasteiger partial charge in [-0.3, -0.25) is 0 Å². The Morgan fingerprint density at radius 1 is 1.48 bits per heavy atom. The highest BCUT2D eigenvalue weighted by molar-refractivity contribution is 5.86. The Bertz CT molecular complexity index is 506. The van der Waals surface area contributed by atoms with Crippen LogP contribution in [0.1, 0.15) is 18.4 Å². The highest BCUT2D eigenvalue weighted by atomic mass is 16.4. The van der Waals surface area contributed by atoms with Gasteiger partial charge in [-0.25, -0.2) is 9.78 Å². The third-order valence-corrected chi connectivity index (χ3v) is 3.76. The van der Waals surface area contributed by atoms with Crippen molar-refractivity contribution in [1.82, 2.24) is 9.88 Å². The predicted molar refractivity (Wildman–Crippen MR) is 84.4 cm³/mol. The molecule has 1 aliphatic heterocycles. The van der Waals surface area contributed by atoms with Gasteiger partial charge in [0.05, 0.1) is 0 Å². The Morgan fingerprint density at radius 3 is 2.81 bits per heavy atom. The van der Waals surface area contributed by atoms with E-state index in [0.717, 1.165) is 49.8 Å². The molecule has 0 aliphatic carbocycles. The Morgan fingerprint density at radius 2 is 2.19 bits per heavy atom. The first-order chi connectivity index (χ1) is 10.1. The van der Waals surface area contributed by atoms with Crippen LogP contribution in [-0.4, -0.2) is 54.7 Å². The molecule has 1 fully saturated rings. The number of anilines is 1. The zero-order valence-corrected chi connectivity index (χ0v) is 12.7. The van der Waals surface area contributed by atoms with E-state index in [1.54, 1.807) is 12.3 Å². The average Bonchev–Trinajstić information content (AvgIpc) is 2.46. The number of piperidine rings is 1. The lowest BCUT2D eigenvalue weighted by Gasteiger charge is -2.34. The molecule has 1 aliphatic rings. The minimum atomic E-state index is -0.936. The lowest BCUT2D eigenvalue weighted by Crippen LogP contribution is -2.37. The van der Waals surface area contributed by atoms with Gasteiger partial charge in [0.1, 0.15) is 5.82 Å². The van der Waals surface area contributed by atoms with E-state index in [0.29, 0.717) is 0 Å². The maximum Gasteiger partial charge on any atom is 0.328 e. The van der Waals surface area contributed by atoms with Crippen molar-refractivity contribution in [2.45, 2.75) is 12.8 Å². The van der Waals surface area contributed by atoms with Crippen molar-refractivity contribution in [3.8, 4) is 0 Å². The van der Waals surface area contributed by atoms with Crippen molar-refractivity contribution in [3.05, 3.63) is 30.0 Å². The van der Waals surface area contributed by atoms with Crippen LogP contribution >= 0.6 is 0 Å². The van der Waals surface area contributed by atoms with Crippen molar-refractivity contribution >= 4 is 17.9 Å². The molecule has 5 nitrogen and oxygen atoms in total. The number of aliphatic carboxylic acids is 1. The van der Waals surface area contributed by atoms with Crippen molar-refractivity contribution < 1.29 is 9.90 Å². The summed E-state index contributed by atoms with van der Waals surface area (Å²) in [5, 5.41) is 8.77. The van der Waals surface area contributed by atoms with Gasteiger partial charge in [0, 0.05) is 37.5 Å². The number of carboxylic acids is 1. The van der Waals surface area contributed by atoms with Gasteiger partial charge in [0.25, 0.3) is 0 Å². The molecular weight excluding hydrogens is 266 g/mol. The number of aromatic nitrogens is 1. The topological polar surface area (TPSA) is 56.7 Å². The summed E-state index contributed by atoms with van der Waals surface area (Å²) < 4.78 is 0. The summed E-state index contributed by atoms with van der Waals surface area (Å²) in [7, 11) is 4.22. The normalized spacial score (nSPS) is 16.8. The first-order valence-corrected chi connectivity index (χ1v) is 7.32. The number of nitrogens with zero attached hydrogens (tertiary/aromatic N) is 3. The van der Waals surface area contributed by atoms with Gasteiger partial charge in [0.2, 0.25) is 0 Å². The number of carbonyl (C=O) groups is 1. The number of hydrogen-bond acceptors (Lipinski definition) is 4. The molecule has 114 valence electrons. The molecule has 0 aromatic carbocycles. The molecule has 1 saturated heterocycles. The fourth-order valence-corrected chi connectivity index (χ4v) is 2.81. The molecule has 1 aromatic rings. The van der Waals surface area contributed by atoms with Gasteiger partial charge in [-0.05, 0) is 51.1 Å². The highest BCUT2D eigenvalue weighted by Crippen LogP contribution is 2.25. The van der Waals surface area contributed by atoms with Gasteiger partial charge in [-0.1, -0.05) is 0 Å². The second-order valence-electron chi connectivity index (χ2n) is 5.78. The number of carboxylic acid groups (broad SMARTS) is 1. The fraction of sp³-hybridized carbons (Fsp3) is 0.500. The van der Waals surface area contributed by atoms with E-state index in [2.05, 4.69) is 28.9 Å². The highest BCUT2D eigenvalue weighted by Gasteiger charge is 2.21. The van der Waals surface area contributed by atoms with Crippen LogP contribution < -0.4 is 4.90 Å². The first kappa shape index (κ1) is 15.5. The van der Waals surface area contributed by atoms with E-state index >= 15 is 0 Å². The summed E-state index contributed by atoms with van der Waals surface area (Å²) in [4.78, 5) is 19.6. The third-order valence-electron chi connectivity index (χ3n) is 3.76. The lowest BCUT2D eigenvalue weighted by atomic mass is 9.96. The summed E-state index contributed by atoms with van der Waals surface area (Å²) in [6, 6.07) is 3.75. The molecule has 0 saturated carbocycles. The van der Waals surface area contributed by atoms with E-state index < -0.39 is 5.97 Å². The van der Waals surface area contributed by atoms with Crippen LogP contribution in [0.4, 0.5) is 5.82 Å². The van der Waals surface area contributed by atoms with Crippen LogP contribution in [0.15, 0.2) is 24.4 Å². The summed E-state index contributed by atoms with van der Waals surface area (Å²) in [6.45, 7) is 3.08. The molecule has 0 atom stereocenters. The van der Waals surface area contributed by atoms with Gasteiger partial charge in [-0.15, -0.1) is 0 Å². The summed E-state index contributed by atoms with van der Waals surface area (Å²) in [6.07, 6.45) is 6.85. The Balaban J connectivity index is 2.05. The van der Waals surface area contributed by atoms with Crippen molar-refractivity contribution in [1.29, 1.82) is 0 Å². The molecule has 2 heterocycles. The van der Waals surface area contributed by atoms with Gasteiger partial charge < -0.3 is 14.9 Å². The van der Waals surface area contributed by atoms with Crippen molar-refractivity contribution in [2.75, 3.05) is 38.6 Å². The molecule has 0 bridgehead atoms. The quantitative estimate of drug-likeness (QED) is 0.840. The smallest absolute Gasteiger partial charge is 0.328 e. The largest absolute Gasteiger partial charge is 0.478 e. The Hall–Kier alpha value is -1.88. The third kappa shape index (κ3) is 4.56. The summed E-state index contributed by atoms with van der Waals surface area (Å²) in [5.74, 6) is 0.686. The Labute approximate surface area is 125 Å². The standard InChI is InChI=1S/C16H23N3O2/c1-18(2)12-13-7-10-19(11-8-13)16-14(4-3-9-17-16)5-6-15(20)21/h3-6,9,13H,7-8,10-12H2,1-2H3,(H,20,21)/b6-5+. The molecule has 1 N–H and O–H groups in total. The minimum absolute atomic E-state index is 0.734. The van der Waals surface area contributed by atoms with Crippen LogP contribution in [0.25, 0.3) is 6.08 Å². The second-order valence-corrected chi connectivity index (χ2v) is 5.78. The number of pyridine rings is 1. The average molecular weight is 289 g/mol.